The Labute approximate surface area is 98.8 Å². The van der Waals surface area contributed by atoms with Crippen molar-refractivity contribution in [3.05, 3.63) is 34.1 Å². The van der Waals surface area contributed by atoms with E-state index in [0.717, 1.165) is 6.07 Å². The van der Waals surface area contributed by atoms with Crippen LogP contribution in [-0.4, -0.2) is 6.18 Å². The Morgan fingerprint density at radius 3 is 2.38 bits per heavy atom. The smallest absolute Gasteiger partial charge is 0.324 e. The lowest BCUT2D eigenvalue weighted by Gasteiger charge is -2.14. The van der Waals surface area contributed by atoms with Crippen LogP contribution in [0.4, 0.5) is 17.6 Å². The van der Waals surface area contributed by atoms with Crippen LogP contribution in [0.3, 0.4) is 0 Å². The molecule has 1 nitrogen and oxygen atoms in total. The highest BCUT2D eigenvalue weighted by atomic mass is 79.9. The largest absolute Gasteiger partial charge is 0.389 e. The van der Waals surface area contributed by atoms with E-state index in [9.17, 15) is 17.6 Å². The lowest BCUT2D eigenvalue weighted by molar-refractivity contribution is -0.136. The number of hydrogen-bond acceptors (Lipinski definition) is 1. The van der Waals surface area contributed by atoms with Crippen LogP contribution in [0.5, 0.6) is 0 Å². The number of halogens is 5. The monoisotopic (exact) mass is 299 g/mol. The predicted octanol–water partition coefficient (Wildman–Crippen LogP) is 3.93. The lowest BCUT2D eigenvalue weighted by Crippen LogP contribution is -2.16. The summed E-state index contributed by atoms with van der Waals surface area (Å²) in [5.74, 6) is -0.521. The number of benzene rings is 1. The van der Waals surface area contributed by atoms with Gasteiger partial charge < -0.3 is 5.73 Å². The van der Waals surface area contributed by atoms with Gasteiger partial charge in [-0.3, -0.25) is 0 Å². The van der Waals surface area contributed by atoms with Crippen molar-refractivity contribution < 1.29 is 17.6 Å². The molecular weight excluding hydrogens is 290 g/mol. The minimum absolute atomic E-state index is 0.251. The molecule has 0 saturated carbocycles. The Morgan fingerprint density at radius 2 is 1.88 bits per heavy atom. The highest BCUT2D eigenvalue weighted by Gasteiger charge is 2.27. The van der Waals surface area contributed by atoms with Gasteiger partial charge in [-0.1, -0.05) is 15.9 Å². The summed E-state index contributed by atoms with van der Waals surface area (Å²) in [5.41, 5.74) is 5.91. The summed E-state index contributed by atoms with van der Waals surface area (Å²) in [7, 11) is 0. The zero-order valence-electron chi connectivity index (χ0n) is 8.19. The van der Waals surface area contributed by atoms with E-state index < -0.39 is 24.5 Å². The summed E-state index contributed by atoms with van der Waals surface area (Å²) >= 11 is 3.05. The number of hydrogen-bond donors (Lipinski definition) is 1. The van der Waals surface area contributed by atoms with E-state index in [0.29, 0.717) is 10.0 Å². The first-order valence-electron chi connectivity index (χ1n) is 4.56. The minimum Gasteiger partial charge on any atom is -0.324 e. The van der Waals surface area contributed by atoms with Crippen molar-refractivity contribution in [3.8, 4) is 0 Å². The van der Waals surface area contributed by atoms with Crippen molar-refractivity contribution in [2.24, 2.45) is 5.73 Å². The first-order chi connectivity index (χ1) is 7.28. The highest BCUT2D eigenvalue weighted by molar-refractivity contribution is 9.10. The maximum atomic E-state index is 13.0. The lowest BCUT2D eigenvalue weighted by atomic mass is 10.0. The molecule has 16 heavy (non-hydrogen) atoms. The summed E-state index contributed by atoms with van der Waals surface area (Å²) in [6.45, 7) is 0. The molecule has 1 atom stereocenters. The van der Waals surface area contributed by atoms with Gasteiger partial charge in [0, 0.05) is 16.9 Å². The second kappa shape index (κ2) is 5.14. The molecular formula is C10H10BrF4N. The quantitative estimate of drug-likeness (QED) is 0.841. The third-order valence-electron chi connectivity index (χ3n) is 2.05. The van der Waals surface area contributed by atoms with Crippen molar-refractivity contribution in [2.75, 3.05) is 0 Å². The van der Waals surface area contributed by atoms with Gasteiger partial charge in [0.1, 0.15) is 5.82 Å². The van der Waals surface area contributed by atoms with Gasteiger partial charge in [-0.15, -0.1) is 0 Å². The average Bonchev–Trinajstić information content (AvgIpc) is 2.11. The van der Waals surface area contributed by atoms with E-state index in [-0.39, 0.29) is 6.42 Å². The van der Waals surface area contributed by atoms with Crippen LogP contribution >= 0.6 is 15.9 Å². The standard InChI is InChI=1S/C10H10BrF4N/c11-7-3-6(4-8(12)5-7)9(16)1-2-10(13,14)15/h3-5,9H,1-2,16H2/t9-/m0/s1. The van der Waals surface area contributed by atoms with E-state index in [1.54, 1.807) is 0 Å². The van der Waals surface area contributed by atoms with Gasteiger partial charge in [0.2, 0.25) is 0 Å². The van der Waals surface area contributed by atoms with Crippen LogP contribution in [-0.2, 0) is 0 Å². The summed E-state index contributed by atoms with van der Waals surface area (Å²) in [6.07, 6.45) is -5.45. The zero-order valence-corrected chi connectivity index (χ0v) is 9.78. The van der Waals surface area contributed by atoms with Gasteiger partial charge in [0.05, 0.1) is 0 Å². The van der Waals surface area contributed by atoms with Gasteiger partial charge in [0.25, 0.3) is 0 Å². The Balaban J connectivity index is 2.69. The molecule has 0 aliphatic rings. The molecule has 0 bridgehead atoms. The van der Waals surface area contributed by atoms with Gasteiger partial charge in [0.15, 0.2) is 0 Å². The Kier molecular flexibility index (Phi) is 4.32. The van der Waals surface area contributed by atoms with Crippen LogP contribution in [0, 0.1) is 5.82 Å². The molecule has 0 heterocycles. The van der Waals surface area contributed by atoms with Crippen molar-refractivity contribution in [1.82, 2.24) is 0 Å². The maximum absolute atomic E-state index is 13.0. The fourth-order valence-electron chi connectivity index (χ4n) is 1.28. The van der Waals surface area contributed by atoms with Gasteiger partial charge in [-0.05, 0) is 30.2 Å². The van der Waals surface area contributed by atoms with E-state index in [4.69, 9.17) is 5.73 Å². The van der Waals surface area contributed by atoms with Crippen molar-refractivity contribution in [3.63, 3.8) is 0 Å². The molecule has 0 unspecified atom stereocenters. The molecule has 0 amide bonds. The molecule has 2 N–H and O–H groups in total. The summed E-state index contributed by atoms with van der Waals surface area (Å²) in [4.78, 5) is 0. The maximum Gasteiger partial charge on any atom is 0.389 e. The Bertz CT molecular complexity index is 344. The molecule has 90 valence electrons. The minimum atomic E-state index is -4.23. The second-order valence-corrected chi connectivity index (χ2v) is 4.38. The molecule has 1 rings (SSSR count). The topological polar surface area (TPSA) is 26.0 Å². The Morgan fingerprint density at radius 1 is 1.25 bits per heavy atom. The normalized spacial score (nSPS) is 13.9. The third kappa shape index (κ3) is 4.49. The van der Waals surface area contributed by atoms with E-state index in [1.807, 2.05) is 0 Å². The van der Waals surface area contributed by atoms with Gasteiger partial charge >= 0.3 is 6.18 Å². The molecule has 1 aromatic carbocycles. The molecule has 0 aliphatic heterocycles. The summed E-state index contributed by atoms with van der Waals surface area (Å²) < 4.78 is 49.3. The zero-order chi connectivity index (χ0) is 12.3. The number of nitrogens with two attached hydrogens (primary N) is 1. The molecule has 0 aliphatic carbocycles. The molecule has 0 fully saturated rings. The second-order valence-electron chi connectivity index (χ2n) is 3.46. The molecule has 0 saturated heterocycles. The molecule has 6 heteroatoms. The van der Waals surface area contributed by atoms with Crippen LogP contribution in [0.2, 0.25) is 0 Å². The van der Waals surface area contributed by atoms with Crippen LogP contribution < -0.4 is 5.73 Å². The van der Waals surface area contributed by atoms with Crippen molar-refractivity contribution in [2.45, 2.75) is 25.1 Å². The SMILES string of the molecule is N[C@@H](CCC(F)(F)F)c1cc(F)cc(Br)c1. The first-order valence-corrected chi connectivity index (χ1v) is 5.35. The van der Waals surface area contributed by atoms with E-state index >= 15 is 0 Å². The summed E-state index contributed by atoms with van der Waals surface area (Å²) in [6, 6.07) is 3.07. The van der Waals surface area contributed by atoms with Crippen LogP contribution in [0.15, 0.2) is 22.7 Å². The third-order valence-corrected chi connectivity index (χ3v) is 2.51. The molecule has 1 aromatic rings. The highest BCUT2D eigenvalue weighted by Crippen LogP contribution is 2.27. The van der Waals surface area contributed by atoms with E-state index in [2.05, 4.69) is 15.9 Å². The first kappa shape index (κ1) is 13.4. The number of rotatable bonds is 3. The summed E-state index contributed by atoms with van der Waals surface area (Å²) in [5, 5.41) is 0. The fourth-order valence-corrected chi connectivity index (χ4v) is 1.76. The number of alkyl halides is 3. The molecule has 0 aromatic heterocycles. The van der Waals surface area contributed by atoms with Gasteiger partial charge in [-0.2, -0.15) is 13.2 Å². The molecule has 0 spiro atoms. The Hall–Kier alpha value is -0.620. The van der Waals surface area contributed by atoms with Crippen LogP contribution in [0.1, 0.15) is 24.4 Å². The predicted molar refractivity (Wildman–Crippen MR) is 56.3 cm³/mol. The fraction of sp³-hybridized carbons (Fsp3) is 0.400. The van der Waals surface area contributed by atoms with Crippen molar-refractivity contribution >= 4 is 15.9 Å². The van der Waals surface area contributed by atoms with E-state index in [1.165, 1.54) is 12.1 Å². The van der Waals surface area contributed by atoms with Crippen molar-refractivity contribution in [1.29, 1.82) is 0 Å². The van der Waals surface area contributed by atoms with Gasteiger partial charge in [-0.25, -0.2) is 4.39 Å². The average molecular weight is 300 g/mol. The van der Waals surface area contributed by atoms with Crippen LogP contribution in [0.25, 0.3) is 0 Å². The molecule has 0 radical (unpaired) electrons.